The zero-order valence-electron chi connectivity index (χ0n) is 19.8. The molecule has 1 saturated heterocycles. The van der Waals surface area contributed by atoms with Gasteiger partial charge in [0.2, 0.25) is 10.0 Å². The van der Waals surface area contributed by atoms with E-state index in [1.165, 1.54) is 23.4 Å². The van der Waals surface area contributed by atoms with Crippen LogP contribution in [-0.2, 0) is 26.8 Å². The molecule has 196 valence electrons. The molecule has 0 unspecified atom stereocenters. The van der Waals surface area contributed by atoms with Gasteiger partial charge in [-0.1, -0.05) is 35.9 Å². The number of carbonyl (C=O) groups is 2. The number of Topliss-reactive ketones (excluding diaryl/α,β-unsaturated/α-hetero) is 1. The highest BCUT2D eigenvalue weighted by Crippen LogP contribution is 2.40. The molecule has 4 rings (SSSR count). The summed E-state index contributed by atoms with van der Waals surface area (Å²) in [6.45, 7) is 1.57. The molecule has 0 spiro atoms. The van der Waals surface area contributed by atoms with Gasteiger partial charge in [-0.3, -0.25) is 9.59 Å². The number of benzene rings is 3. The highest BCUT2D eigenvalue weighted by atomic mass is 35.5. The number of halogens is 2. The predicted molar refractivity (Wildman–Crippen MR) is 142 cm³/mol. The van der Waals surface area contributed by atoms with Gasteiger partial charge in [-0.05, 0) is 73.0 Å². The molecule has 1 aliphatic rings. The number of rotatable bonds is 9. The first-order valence-electron chi connectivity index (χ1n) is 11.1. The van der Waals surface area contributed by atoms with Crippen LogP contribution in [-0.4, -0.2) is 48.7 Å². The highest BCUT2D eigenvalue weighted by molar-refractivity contribution is 7.89. The van der Waals surface area contributed by atoms with Crippen LogP contribution in [0.15, 0.2) is 77.7 Å². The lowest BCUT2D eigenvalue weighted by Gasteiger charge is -2.49. The number of aliphatic carboxylic acids is 1. The van der Waals surface area contributed by atoms with Gasteiger partial charge in [-0.2, -0.15) is 4.31 Å². The summed E-state index contributed by atoms with van der Waals surface area (Å²) < 4.78 is 34.4. The first kappa shape index (κ1) is 28.6. The Labute approximate surface area is 226 Å². The quantitative estimate of drug-likeness (QED) is 0.377. The van der Waals surface area contributed by atoms with Crippen molar-refractivity contribution >= 4 is 45.8 Å². The minimum atomic E-state index is -3.88. The molecular formula is C26H26Cl2N2O6S. The van der Waals surface area contributed by atoms with E-state index in [9.17, 15) is 18.0 Å². The lowest BCUT2D eigenvalue weighted by atomic mass is 9.87. The first-order chi connectivity index (χ1) is 17.0. The maximum absolute atomic E-state index is 13.4. The average Bonchev–Trinajstić information content (AvgIpc) is 2.82. The Morgan fingerprint density at radius 3 is 2.27 bits per heavy atom. The molecule has 3 aromatic rings. The Bertz CT molecular complexity index is 1390. The molecule has 8 nitrogen and oxygen atoms in total. The number of carboxylic acids is 1. The van der Waals surface area contributed by atoms with Crippen LogP contribution >= 0.6 is 24.0 Å². The van der Waals surface area contributed by atoms with Crippen molar-refractivity contribution in [3.63, 3.8) is 0 Å². The van der Waals surface area contributed by atoms with Crippen LogP contribution in [0, 0.1) is 0 Å². The number of ketones is 1. The van der Waals surface area contributed by atoms with Crippen molar-refractivity contribution in [2.45, 2.75) is 29.9 Å². The van der Waals surface area contributed by atoms with Gasteiger partial charge >= 0.3 is 5.97 Å². The molecule has 0 bridgehead atoms. The van der Waals surface area contributed by atoms with Crippen LogP contribution < -0.4 is 10.5 Å². The number of nitrogens with two attached hydrogens (primary N) is 1. The minimum Gasteiger partial charge on any atom is -0.480 e. The molecule has 0 saturated carbocycles. The molecule has 1 heterocycles. The fraction of sp³-hybridized carbons (Fsp3) is 0.231. The van der Waals surface area contributed by atoms with Gasteiger partial charge in [0.25, 0.3) is 0 Å². The van der Waals surface area contributed by atoms with Gasteiger partial charge < -0.3 is 15.6 Å². The number of sulfonamides is 1. The van der Waals surface area contributed by atoms with Crippen LogP contribution in [0.5, 0.6) is 5.75 Å². The molecule has 11 heteroatoms. The molecule has 0 radical (unpaired) electrons. The second-order valence-corrected chi connectivity index (χ2v) is 11.1. The van der Waals surface area contributed by atoms with Crippen LogP contribution in [0.25, 0.3) is 0 Å². The van der Waals surface area contributed by atoms with Gasteiger partial charge in [-0.15, -0.1) is 12.4 Å². The summed E-state index contributed by atoms with van der Waals surface area (Å²) in [7, 11) is -3.88. The summed E-state index contributed by atoms with van der Waals surface area (Å²) in [5.41, 5.74) is 6.47. The Kier molecular flexibility index (Phi) is 8.66. The summed E-state index contributed by atoms with van der Waals surface area (Å²) in [4.78, 5) is 22.7. The zero-order chi connectivity index (χ0) is 26.1. The SMILES string of the molecule is CC(=O)c1ccc(OC2(c3ccc(Cl)cc3)CN(S(=O)(=O)c3cccc(C[C@H](N)C(=O)O)c3)C2)cc1.Cl. The minimum absolute atomic E-state index is 0. The molecule has 37 heavy (non-hydrogen) atoms. The fourth-order valence-electron chi connectivity index (χ4n) is 4.06. The first-order valence-corrected chi connectivity index (χ1v) is 13.0. The van der Waals surface area contributed by atoms with Gasteiger partial charge in [-0.25, -0.2) is 8.42 Å². The van der Waals surface area contributed by atoms with E-state index in [1.54, 1.807) is 60.7 Å². The second-order valence-electron chi connectivity index (χ2n) is 8.75. The van der Waals surface area contributed by atoms with Crippen molar-refractivity contribution in [2.24, 2.45) is 5.73 Å². The van der Waals surface area contributed by atoms with Crippen molar-refractivity contribution in [3.8, 4) is 5.75 Å². The lowest BCUT2D eigenvalue weighted by molar-refractivity contribution is -0.138. The van der Waals surface area contributed by atoms with Gasteiger partial charge in [0.15, 0.2) is 11.4 Å². The van der Waals surface area contributed by atoms with Crippen molar-refractivity contribution < 1.29 is 27.9 Å². The van der Waals surface area contributed by atoms with E-state index in [4.69, 9.17) is 27.2 Å². The number of hydrogen-bond acceptors (Lipinski definition) is 6. The van der Waals surface area contributed by atoms with Crippen molar-refractivity contribution in [3.05, 3.63) is 94.5 Å². The largest absolute Gasteiger partial charge is 0.480 e. The van der Waals surface area contributed by atoms with Crippen molar-refractivity contribution in [1.29, 1.82) is 0 Å². The topological polar surface area (TPSA) is 127 Å². The molecule has 1 aliphatic heterocycles. The second kappa shape index (κ2) is 11.2. The Morgan fingerprint density at radius 1 is 1.08 bits per heavy atom. The van der Waals surface area contributed by atoms with Gasteiger partial charge in [0.05, 0.1) is 18.0 Å². The van der Waals surface area contributed by atoms with E-state index in [0.29, 0.717) is 21.9 Å². The highest BCUT2D eigenvalue weighted by Gasteiger charge is 2.52. The number of hydrogen-bond donors (Lipinski definition) is 2. The van der Waals surface area contributed by atoms with Gasteiger partial charge in [0.1, 0.15) is 11.8 Å². The maximum Gasteiger partial charge on any atom is 0.320 e. The van der Waals surface area contributed by atoms with Crippen molar-refractivity contribution in [1.82, 2.24) is 4.31 Å². The standard InChI is InChI=1S/C26H25ClN2O6S.ClH/c1-17(30)19-5-11-22(12-6-19)35-26(20-7-9-21(27)10-8-20)15-29(16-26)36(33,34)23-4-2-3-18(13-23)14-24(28)25(31)32;/h2-13,24H,14-16,28H2,1H3,(H,31,32);1H/t24-;/m0./s1. The van der Waals surface area contributed by atoms with E-state index in [1.807, 2.05) is 0 Å². The summed E-state index contributed by atoms with van der Waals surface area (Å²) in [6, 6.07) is 18.7. The van der Waals surface area contributed by atoms with Crippen LogP contribution in [0.4, 0.5) is 0 Å². The molecule has 0 aliphatic carbocycles. The summed E-state index contributed by atoms with van der Waals surface area (Å²) in [5, 5.41) is 9.61. The predicted octanol–water partition coefficient (Wildman–Crippen LogP) is 3.90. The van der Waals surface area contributed by atoms with E-state index < -0.39 is 27.6 Å². The lowest BCUT2D eigenvalue weighted by Crippen LogP contribution is -2.64. The third kappa shape index (κ3) is 6.14. The molecule has 1 fully saturated rings. The summed E-state index contributed by atoms with van der Waals surface area (Å²) in [6.07, 6.45) is 0.00672. The fourth-order valence-corrected chi connectivity index (χ4v) is 5.79. The molecule has 3 aromatic carbocycles. The number of nitrogens with zero attached hydrogens (tertiary/aromatic N) is 1. The molecule has 0 amide bonds. The normalized spacial score (nSPS) is 15.6. The van der Waals surface area contributed by atoms with E-state index in [0.717, 1.165) is 5.56 Å². The van der Waals surface area contributed by atoms with E-state index >= 15 is 0 Å². The molecular weight excluding hydrogens is 539 g/mol. The van der Waals surface area contributed by atoms with Crippen LogP contribution in [0.1, 0.15) is 28.4 Å². The monoisotopic (exact) mass is 564 g/mol. The van der Waals surface area contributed by atoms with Crippen LogP contribution in [0.2, 0.25) is 5.02 Å². The van der Waals surface area contributed by atoms with Gasteiger partial charge in [0, 0.05) is 10.6 Å². The van der Waals surface area contributed by atoms with E-state index in [2.05, 4.69) is 0 Å². The molecule has 3 N–H and O–H groups in total. The van der Waals surface area contributed by atoms with Crippen LogP contribution in [0.3, 0.4) is 0 Å². The number of ether oxygens (including phenoxy) is 1. The zero-order valence-corrected chi connectivity index (χ0v) is 22.2. The molecule has 1 atom stereocenters. The molecule has 0 aromatic heterocycles. The third-order valence-corrected chi connectivity index (χ3v) is 8.16. The third-order valence-electron chi connectivity index (χ3n) is 6.12. The average molecular weight is 565 g/mol. The Balaban J connectivity index is 0.00000380. The smallest absolute Gasteiger partial charge is 0.320 e. The summed E-state index contributed by atoms with van der Waals surface area (Å²) >= 11 is 6.06. The number of carboxylic acid groups (broad SMARTS) is 1. The maximum atomic E-state index is 13.4. The summed E-state index contributed by atoms with van der Waals surface area (Å²) in [5.74, 6) is -0.731. The van der Waals surface area contributed by atoms with E-state index in [-0.39, 0.29) is 42.6 Å². The number of carbonyl (C=O) groups excluding carboxylic acids is 1. The Hall–Kier alpha value is -2.95. The van der Waals surface area contributed by atoms with Crippen molar-refractivity contribution in [2.75, 3.05) is 13.1 Å². The Morgan fingerprint density at radius 2 is 1.70 bits per heavy atom.